The van der Waals surface area contributed by atoms with E-state index in [1.165, 1.54) is 25.1 Å². The number of hydrogen-bond donors (Lipinski definition) is 0. The molecule has 66 valence electrons. The van der Waals surface area contributed by atoms with E-state index in [2.05, 4.69) is 0 Å². The van der Waals surface area contributed by atoms with Crippen molar-refractivity contribution < 1.29 is 9.18 Å². The Kier molecular flexibility index (Phi) is 2.76. The summed E-state index contributed by atoms with van der Waals surface area (Å²) in [7, 11) is 0. The van der Waals surface area contributed by atoms with Gasteiger partial charge in [-0.1, -0.05) is 18.2 Å². The van der Waals surface area contributed by atoms with Crippen molar-refractivity contribution in [3.05, 3.63) is 35.6 Å². The van der Waals surface area contributed by atoms with Crippen LogP contribution >= 0.6 is 0 Å². The third-order valence-electron chi connectivity index (χ3n) is 1.75. The molecule has 0 N–H and O–H groups in total. The lowest BCUT2D eigenvalue weighted by Crippen LogP contribution is -2.08. The van der Waals surface area contributed by atoms with Crippen molar-refractivity contribution in [2.24, 2.45) is 0 Å². The van der Waals surface area contributed by atoms with Crippen molar-refractivity contribution >= 4 is 5.78 Å². The molecule has 1 aromatic carbocycles. The lowest BCUT2D eigenvalue weighted by Gasteiger charge is -2.05. The summed E-state index contributed by atoms with van der Waals surface area (Å²) in [5.74, 6) is -1.84. The highest BCUT2D eigenvalue weighted by Gasteiger charge is 2.18. The highest BCUT2D eigenvalue weighted by atomic mass is 19.1. The maximum absolute atomic E-state index is 13.1. The minimum absolute atomic E-state index is 0.150. The van der Waals surface area contributed by atoms with Crippen LogP contribution in [0.1, 0.15) is 18.4 Å². The zero-order valence-electron chi connectivity index (χ0n) is 7.12. The number of nitriles is 1. The van der Waals surface area contributed by atoms with Gasteiger partial charge < -0.3 is 0 Å². The Hall–Kier alpha value is -1.69. The van der Waals surface area contributed by atoms with E-state index in [0.29, 0.717) is 0 Å². The van der Waals surface area contributed by atoms with Crippen LogP contribution in [0.3, 0.4) is 0 Å². The van der Waals surface area contributed by atoms with Crippen LogP contribution in [0.5, 0.6) is 0 Å². The van der Waals surface area contributed by atoms with Crippen LogP contribution in [-0.2, 0) is 4.79 Å². The smallest absolute Gasteiger partial charge is 0.151 e. The molecule has 0 heterocycles. The Bertz CT molecular complexity index is 367. The average Bonchev–Trinajstić information content (AvgIpc) is 2.09. The lowest BCUT2D eigenvalue weighted by atomic mass is 9.97. The Balaban J connectivity index is 3.14. The predicted molar refractivity (Wildman–Crippen MR) is 45.4 cm³/mol. The highest BCUT2D eigenvalue weighted by molar-refractivity contribution is 5.86. The van der Waals surface area contributed by atoms with E-state index in [9.17, 15) is 9.18 Å². The Morgan fingerprint density at radius 1 is 1.54 bits per heavy atom. The lowest BCUT2D eigenvalue weighted by molar-refractivity contribution is -0.117. The number of Topliss-reactive ketones (excluding diaryl/α,β-unsaturated/α-hetero) is 1. The van der Waals surface area contributed by atoms with Gasteiger partial charge in [-0.2, -0.15) is 5.26 Å². The molecule has 0 fully saturated rings. The van der Waals surface area contributed by atoms with E-state index in [4.69, 9.17) is 5.26 Å². The van der Waals surface area contributed by atoms with Gasteiger partial charge in [0.2, 0.25) is 0 Å². The molecule has 1 aromatic rings. The molecule has 2 nitrogen and oxygen atoms in total. The first-order chi connectivity index (χ1) is 6.16. The van der Waals surface area contributed by atoms with Crippen LogP contribution < -0.4 is 0 Å². The second kappa shape index (κ2) is 3.81. The molecular weight excluding hydrogens is 169 g/mol. The van der Waals surface area contributed by atoms with E-state index in [1.54, 1.807) is 12.1 Å². The summed E-state index contributed by atoms with van der Waals surface area (Å²) in [6, 6.07) is 7.58. The monoisotopic (exact) mass is 177 g/mol. The highest BCUT2D eigenvalue weighted by Crippen LogP contribution is 2.18. The number of halogens is 1. The van der Waals surface area contributed by atoms with E-state index < -0.39 is 11.7 Å². The summed E-state index contributed by atoms with van der Waals surface area (Å²) in [4.78, 5) is 10.9. The van der Waals surface area contributed by atoms with E-state index >= 15 is 0 Å². The van der Waals surface area contributed by atoms with Crippen molar-refractivity contribution in [3.63, 3.8) is 0 Å². The summed E-state index contributed by atoms with van der Waals surface area (Å²) in [5.41, 5.74) is 0.150. The molecular formula is C10H8FNO. The number of carbonyl (C=O) groups excluding carboxylic acids is 1. The van der Waals surface area contributed by atoms with Crippen molar-refractivity contribution in [2.75, 3.05) is 0 Å². The van der Waals surface area contributed by atoms with Crippen molar-refractivity contribution in [1.29, 1.82) is 5.26 Å². The van der Waals surface area contributed by atoms with E-state index in [0.717, 1.165) is 0 Å². The van der Waals surface area contributed by atoms with Gasteiger partial charge in [0.05, 0.1) is 6.07 Å². The van der Waals surface area contributed by atoms with Crippen LogP contribution in [0.2, 0.25) is 0 Å². The second-order valence-electron chi connectivity index (χ2n) is 2.69. The molecule has 0 amide bonds. The molecule has 1 atom stereocenters. The van der Waals surface area contributed by atoms with Gasteiger partial charge in [-0.3, -0.25) is 4.79 Å². The summed E-state index contributed by atoms with van der Waals surface area (Å²) in [5, 5.41) is 8.64. The molecule has 0 unspecified atom stereocenters. The van der Waals surface area contributed by atoms with Gasteiger partial charge in [0.1, 0.15) is 11.7 Å². The number of ketones is 1. The standard InChI is InChI=1S/C10H8FNO/c1-7(13)9(6-12)8-4-2-3-5-10(8)11/h2-5,9H,1H3/t9-/m0/s1. The SMILES string of the molecule is CC(=O)[C@H](C#N)c1ccccc1F. The van der Waals surface area contributed by atoms with Gasteiger partial charge in [-0.15, -0.1) is 0 Å². The quantitative estimate of drug-likeness (QED) is 0.693. The van der Waals surface area contributed by atoms with Crippen LogP contribution in [0.25, 0.3) is 0 Å². The third kappa shape index (κ3) is 1.91. The number of rotatable bonds is 2. The number of carbonyl (C=O) groups is 1. The fourth-order valence-electron chi connectivity index (χ4n) is 1.09. The van der Waals surface area contributed by atoms with Gasteiger partial charge in [-0.05, 0) is 13.0 Å². The van der Waals surface area contributed by atoms with Crippen LogP contribution in [-0.4, -0.2) is 5.78 Å². The molecule has 3 heteroatoms. The summed E-state index contributed by atoms with van der Waals surface area (Å²) in [6.45, 7) is 1.28. The van der Waals surface area contributed by atoms with Crippen molar-refractivity contribution in [3.8, 4) is 6.07 Å². The average molecular weight is 177 g/mol. The van der Waals surface area contributed by atoms with Crippen LogP contribution in [0.15, 0.2) is 24.3 Å². The van der Waals surface area contributed by atoms with Gasteiger partial charge in [0, 0.05) is 5.56 Å². The predicted octanol–water partition coefficient (Wildman–Crippen LogP) is 2.02. The van der Waals surface area contributed by atoms with Gasteiger partial charge in [-0.25, -0.2) is 4.39 Å². The Labute approximate surface area is 75.6 Å². The molecule has 13 heavy (non-hydrogen) atoms. The first kappa shape index (κ1) is 9.40. The second-order valence-corrected chi connectivity index (χ2v) is 2.69. The normalized spacial score (nSPS) is 11.8. The molecule has 0 radical (unpaired) electrons. The fraction of sp³-hybridized carbons (Fsp3) is 0.200. The number of nitrogens with zero attached hydrogens (tertiary/aromatic N) is 1. The zero-order valence-corrected chi connectivity index (χ0v) is 7.12. The molecule has 0 aromatic heterocycles. The third-order valence-corrected chi connectivity index (χ3v) is 1.75. The zero-order chi connectivity index (χ0) is 9.84. The van der Waals surface area contributed by atoms with Crippen LogP contribution in [0.4, 0.5) is 4.39 Å². The molecule has 0 aliphatic rings. The molecule has 0 saturated heterocycles. The number of hydrogen-bond acceptors (Lipinski definition) is 2. The van der Waals surface area contributed by atoms with E-state index in [1.807, 2.05) is 0 Å². The summed E-state index contributed by atoms with van der Waals surface area (Å²) >= 11 is 0. The molecule has 0 aliphatic heterocycles. The first-order valence-corrected chi connectivity index (χ1v) is 3.81. The molecule has 1 rings (SSSR count). The molecule has 0 bridgehead atoms. The molecule has 0 saturated carbocycles. The first-order valence-electron chi connectivity index (χ1n) is 3.81. The molecule has 0 spiro atoms. The minimum atomic E-state index is -0.985. The van der Waals surface area contributed by atoms with Gasteiger partial charge in [0.15, 0.2) is 5.78 Å². The maximum Gasteiger partial charge on any atom is 0.151 e. The summed E-state index contributed by atoms with van der Waals surface area (Å²) in [6.07, 6.45) is 0. The Morgan fingerprint density at radius 3 is 2.62 bits per heavy atom. The number of benzene rings is 1. The molecule has 0 aliphatic carbocycles. The van der Waals surface area contributed by atoms with E-state index in [-0.39, 0.29) is 11.3 Å². The van der Waals surface area contributed by atoms with Crippen LogP contribution in [0, 0.1) is 17.1 Å². The van der Waals surface area contributed by atoms with Gasteiger partial charge >= 0.3 is 0 Å². The minimum Gasteiger partial charge on any atom is -0.298 e. The van der Waals surface area contributed by atoms with Gasteiger partial charge in [0.25, 0.3) is 0 Å². The Morgan fingerprint density at radius 2 is 2.15 bits per heavy atom. The topological polar surface area (TPSA) is 40.9 Å². The maximum atomic E-state index is 13.1. The largest absolute Gasteiger partial charge is 0.298 e. The van der Waals surface area contributed by atoms with Crippen molar-refractivity contribution in [2.45, 2.75) is 12.8 Å². The van der Waals surface area contributed by atoms with Crippen molar-refractivity contribution in [1.82, 2.24) is 0 Å². The fourth-order valence-corrected chi connectivity index (χ4v) is 1.09. The summed E-state index contributed by atoms with van der Waals surface area (Å²) < 4.78 is 13.1.